The highest BCUT2D eigenvalue weighted by molar-refractivity contribution is 6.06. The van der Waals surface area contributed by atoms with Crippen LogP contribution in [-0.4, -0.2) is 65.3 Å². The number of hydrogen-bond donors (Lipinski definition) is 3. The van der Waals surface area contributed by atoms with Crippen LogP contribution in [0.25, 0.3) is 11.4 Å². The van der Waals surface area contributed by atoms with Crippen molar-refractivity contribution >= 4 is 23.2 Å². The molecule has 11 heteroatoms. The zero-order chi connectivity index (χ0) is 24.1. The van der Waals surface area contributed by atoms with Crippen LogP contribution < -0.4 is 26.4 Å². The summed E-state index contributed by atoms with van der Waals surface area (Å²) in [5.74, 6) is 0.394. The first-order valence-corrected chi connectivity index (χ1v) is 10.8. The first-order valence-electron chi connectivity index (χ1n) is 10.8. The SMILES string of the molecule is COCC1(N)CCN(c2cccnc2NC(=O)c2nc(-c3ncccc3OC)cnc2N)CC1. The summed E-state index contributed by atoms with van der Waals surface area (Å²) in [6, 6.07) is 7.23. The Kier molecular flexibility index (Phi) is 6.85. The molecule has 1 aliphatic heterocycles. The first-order chi connectivity index (χ1) is 16.4. The molecule has 0 radical (unpaired) electrons. The molecule has 0 bridgehead atoms. The average molecular weight is 465 g/mol. The van der Waals surface area contributed by atoms with Crippen LogP contribution in [0.2, 0.25) is 0 Å². The Labute approximate surface area is 197 Å². The van der Waals surface area contributed by atoms with Gasteiger partial charge in [0.1, 0.15) is 17.1 Å². The molecule has 1 aliphatic rings. The Hall–Kier alpha value is -3.83. The maximum atomic E-state index is 13.2. The van der Waals surface area contributed by atoms with Crippen molar-refractivity contribution in [2.75, 3.05) is 49.9 Å². The normalized spacial score (nSPS) is 15.1. The highest BCUT2D eigenvalue weighted by Crippen LogP contribution is 2.30. The molecule has 3 aromatic heterocycles. The molecule has 3 aromatic rings. The number of pyridine rings is 2. The number of ether oxygens (including phenoxy) is 2. The smallest absolute Gasteiger partial charge is 0.279 e. The van der Waals surface area contributed by atoms with Gasteiger partial charge in [-0.15, -0.1) is 0 Å². The van der Waals surface area contributed by atoms with E-state index in [-0.39, 0.29) is 17.1 Å². The van der Waals surface area contributed by atoms with Crippen molar-refractivity contribution in [3.63, 3.8) is 0 Å². The van der Waals surface area contributed by atoms with E-state index in [1.165, 1.54) is 13.3 Å². The van der Waals surface area contributed by atoms with Crippen LogP contribution in [-0.2, 0) is 4.74 Å². The van der Waals surface area contributed by atoms with E-state index in [9.17, 15) is 4.79 Å². The monoisotopic (exact) mass is 464 g/mol. The fraction of sp³-hybridized carbons (Fsp3) is 0.348. The molecular formula is C23H28N8O3. The highest BCUT2D eigenvalue weighted by atomic mass is 16.5. The Morgan fingerprint density at radius 3 is 2.62 bits per heavy atom. The fourth-order valence-corrected chi connectivity index (χ4v) is 3.97. The fourth-order valence-electron chi connectivity index (χ4n) is 3.97. The molecule has 0 spiro atoms. The summed E-state index contributed by atoms with van der Waals surface area (Å²) in [6.45, 7) is 1.93. The van der Waals surface area contributed by atoms with Crippen LogP contribution in [0, 0.1) is 0 Å². The van der Waals surface area contributed by atoms with E-state index in [2.05, 4.69) is 30.2 Å². The summed E-state index contributed by atoms with van der Waals surface area (Å²) in [5.41, 5.74) is 13.7. The molecule has 0 atom stereocenters. The molecule has 1 fully saturated rings. The van der Waals surface area contributed by atoms with Crippen LogP contribution >= 0.6 is 0 Å². The minimum absolute atomic E-state index is 0.000849. The molecule has 4 heterocycles. The summed E-state index contributed by atoms with van der Waals surface area (Å²) in [4.78, 5) is 32.5. The van der Waals surface area contributed by atoms with Gasteiger partial charge >= 0.3 is 0 Å². The van der Waals surface area contributed by atoms with Gasteiger partial charge in [0.05, 0.1) is 25.6 Å². The van der Waals surface area contributed by atoms with Gasteiger partial charge in [0, 0.05) is 38.1 Å². The second-order valence-corrected chi connectivity index (χ2v) is 8.15. The number of aromatic nitrogens is 4. The van der Waals surface area contributed by atoms with E-state index in [4.69, 9.17) is 20.9 Å². The summed E-state index contributed by atoms with van der Waals surface area (Å²) < 4.78 is 10.6. The van der Waals surface area contributed by atoms with Crippen LogP contribution in [0.4, 0.5) is 17.3 Å². The Bertz CT molecular complexity index is 1160. The Balaban J connectivity index is 1.56. The van der Waals surface area contributed by atoms with Crippen molar-refractivity contribution in [2.24, 2.45) is 5.73 Å². The van der Waals surface area contributed by atoms with E-state index in [1.54, 1.807) is 31.6 Å². The van der Waals surface area contributed by atoms with E-state index >= 15 is 0 Å². The molecular weight excluding hydrogens is 436 g/mol. The minimum atomic E-state index is -0.522. The molecule has 1 amide bonds. The lowest BCUT2D eigenvalue weighted by Crippen LogP contribution is -2.53. The number of nitrogens with two attached hydrogens (primary N) is 2. The van der Waals surface area contributed by atoms with Gasteiger partial charge in [0.2, 0.25) is 0 Å². The van der Waals surface area contributed by atoms with Gasteiger partial charge in [-0.25, -0.2) is 15.0 Å². The molecule has 0 saturated carbocycles. The predicted octanol–water partition coefficient (Wildman–Crippen LogP) is 1.72. The van der Waals surface area contributed by atoms with Crippen molar-refractivity contribution in [3.05, 3.63) is 48.5 Å². The van der Waals surface area contributed by atoms with Crippen molar-refractivity contribution in [3.8, 4) is 17.1 Å². The summed E-state index contributed by atoms with van der Waals surface area (Å²) in [7, 11) is 3.19. The number of rotatable bonds is 7. The number of hydrogen-bond acceptors (Lipinski definition) is 10. The van der Waals surface area contributed by atoms with Gasteiger partial charge < -0.3 is 31.2 Å². The van der Waals surface area contributed by atoms with Crippen LogP contribution in [0.1, 0.15) is 23.3 Å². The van der Waals surface area contributed by atoms with Gasteiger partial charge in [0.15, 0.2) is 17.3 Å². The third kappa shape index (κ3) is 4.90. The third-order valence-electron chi connectivity index (χ3n) is 5.80. The Morgan fingerprint density at radius 1 is 1.15 bits per heavy atom. The second-order valence-electron chi connectivity index (χ2n) is 8.15. The van der Waals surface area contributed by atoms with Crippen molar-refractivity contribution in [1.29, 1.82) is 0 Å². The maximum Gasteiger partial charge on any atom is 0.279 e. The van der Waals surface area contributed by atoms with Crippen LogP contribution in [0.3, 0.4) is 0 Å². The summed E-state index contributed by atoms with van der Waals surface area (Å²) >= 11 is 0. The van der Waals surface area contributed by atoms with Crippen molar-refractivity contribution in [1.82, 2.24) is 19.9 Å². The lowest BCUT2D eigenvalue weighted by molar-refractivity contribution is 0.102. The molecule has 4 rings (SSSR count). The number of anilines is 3. The number of amides is 1. The van der Waals surface area contributed by atoms with Crippen molar-refractivity contribution < 1.29 is 14.3 Å². The highest BCUT2D eigenvalue weighted by Gasteiger charge is 2.32. The first kappa shape index (κ1) is 23.3. The molecule has 34 heavy (non-hydrogen) atoms. The topological polar surface area (TPSA) is 154 Å². The molecule has 0 unspecified atom stereocenters. The van der Waals surface area contributed by atoms with E-state index in [0.717, 1.165) is 18.5 Å². The van der Waals surface area contributed by atoms with Crippen LogP contribution in [0.5, 0.6) is 5.75 Å². The maximum absolute atomic E-state index is 13.2. The minimum Gasteiger partial charge on any atom is -0.494 e. The largest absolute Gasteiger partial charge is 0.494 e. The third-order valence-corrected chi connectivity index (χ3v) is 5.80. The lowest BCUT2D eigenvalue weighted by Gasteiger charge is -2.40. The number of carbonyl (C=O) groups excluding carboxylic acids is 1. The van der Waals surface area contributed by atoms with E-state index in [1.807, 2.05) is 12.1 Å². The predicted molar refractivity (Wildman–Crippen MR) is 129 cm³/mol. The molecule has 5 N–H and O–H groups in total. The zero-order valence-corrected chi connectivity index (χ0v) is 19.2. The lowest BCUT2D eigenvalue weighted by atomic mass is 9.89. The average Bonchev–Trinajstić information content (AvgIpc) is 2.85. The number of nitrogens with zero attached hydrogens (tertiary/aromatic N) is 5. The Morgan fingerprint density at radius 2 is 1.88 bits per heavy atom. The molecule has 178 valence electrons. The standard InChI is InChI=1S/C23H28N8O3/c1-33-14-23(25)7-11-31(12-8-23)16-5-3-10-27-21(16)30-22(32)19-20(24)28-13-15(29-19)18-17(34-2)6-4-9-26-18/h3-6,9-10,13H,7-8,11-12,14,25H2,1-2H3,(H2,24,28)(H,27,30,32). The molecule has 11 nitrogen and oxygen atoms in total. The summed E-state index contributed by atoms with van der Waals surface area (Å²) in [6.07, 6.45) is 6.20. The van der Waals surface area contributed by atoms with Crippen LogP contribution in [0.15, 0.2) is 42.9 Å². The van der Waals surface area contributed by atoms with E-state index < -0.39 is 5.91 Å². The van der Waals surface area contributed by atoms with E-state index in [0.29, 0.717) is 42.7 Å². The van der Waals surface area contributed by atoms with Crippen molar-refractivity contribution in [2.45, 2.75) is 18.4 Å². The second kappa shape index (κ2) is 9.98. The molecule has 0 aliphatic carbocycles. The number of methoxy groups -OCH3 is 2. The van der Waals surface area contributed by atoms with Gasteiger partial charge in [-0.1, -0.05) is 0 Å². The number of nitrogens with one attached hydrogen (secondary N) is 1. The quantitative estimate of drug-likeness (QED) is 0.471. The molecule has 0 aromatic carbocycles. The zero-order valence-electron chi connectivity index (χ0n) is 19.2. The van der Waals surface area contributed by atoms with Gasteiger partial charge in [-0.05, 0) is 37.1 Å². The number of carbonyl (C=O) groups is 1. The summed E-state index contributed by atoms with van der Waals surface area (Å²) in [5, 5.41) is 2.84. The number of piperidine rings is 1. The number of nitrogen functional groups attached to an aromatic ring is 1. The van der Waals surface area contributed by atoms with Gasteiger partial charge in [0.25, 0.3) is 5.91 Å². The van der Waals surface area contributed by atoms with Gasteiger partial charge in [-0.3, -0.25) is 9.78 Å². The molecule has 1 saturated heterocycles. The van der Waals surface area contributed by atoms with Gasteiger partial charge in [-0.2, -0.15) is 0 Å².